The van der Waals surface area contributed by atoms with Crippen LogP contribution in [-0.2, 0) is 11.4 Å². The van der Waals surface area contributed by atoms with Crippen molar-refractivity contribution in [3.63, 3.8) is 0 Å². The van der Waals surface area contributed by atoms with E-state index in [1.165, 1.54) is 11.5 Å². The van der Waals surface area contributed by atoms with Crippen LogP contribution in [-0.4, -0.2) is 13.0 Å². The second-order valence-electron chi connectivity index (χ2n) is 7.64. The fraction of sp³-hybridized carbons (Fsp3) is 0.0714. The molecule has 0 saturated carbocycles. The van der Waals surface area contributed by atoms with E-state index < -0.39 is 5.91 Å². The molecule has 0 aliphatic heterocycles. The summed E-state index contributed by atoms with van der Waals surface area (Å²) < 4.78 is 12.5. The molecule has 174 valence electrons. The van der Waals surface area contributed by atoms with Crippen molar-refractivity contribution in [2.24, 2.45) is 0 Å². The van der Waals surface area contributed by atoms with Crippen LogP contribution >= 0.6 is 34.2 Å². The molecule has 0 bridgehead atoms. The summed E-state index contributed by atoms with van der Waals surface area (Å²) in [5, 5.41) is 15.1. The Kier molecular flexibility index (Phi) is 7.91. The van der Waals surface area contributed by atoms with E-state index in [0.29, 0.717) is 34.4 Å². The van der Waals surface area contributed by atoms with Gasteiger partial charge in [0.25, 0.3) is 5.91 Å². The van der Waals surface area contributed by atoms with E-state index in [-0.39, 0.29) is 5.57 Å². The lowest BCUT2D eigenvalue weighted by Gasteiger charge is -2.14. The van der Waals surface area contributed by atoms with Gasteiger partial charge < -0.3 is 14.8 Å². The maximum Gasteiger partial charge on any atom is 0.266 e. The first kappa shape index (κ1) is 24.6. The third-order valence-electron chi connectivity index (χ3n) is 5.21. The molecule has 0 aliphatic carbocycles. The molecule has 35 heavy (non-hydrogen) atoms. The highest BCUT2D eigenvalue weighted by Crippen LogP contribution is 2.35. The van der Waals surface area contributed by atoms with Crippen LogP contribution in [0.2, 0.25) is 5.02 Å². The van der Waals surface area contributed by atoms with Gasteiger partial charge in [-0.2, -0.15) is 5.26 Å². The van der Waals surface area contributed by atoms with E-state index in [0.717, 1.165) is 14.5 Å². The van der Waals surface area contributed by atoms with Crippen molar-refractivity contribution >= 4 is 62.6 Å². The largest absolute Gasteiger partial charge is 0.493 e. The molecule has 0 heterocycles. The number of rotatable bonds is 7. The van der Waals surface area contributed by atoms with Crippen molar-refractivity contribution < 1.29 is 14.3 Å². The number of amides is 1. The second kappa shape index (κ2) is 11.3. The molecule has 7 heteroatoms. The summed E-state index contributed by atoms with van der Waals surface area (Å²) in [7, 11) is 1.55. The minimum absolute atomic E-state index is 0.0485. The maximum atomic E-state index is 12.6. The number of carbonyl (C=O) groups excluding carboxylic acids is 1. The molecule has 0 radical (unpaired) electrons. The zero-order valence-corrected chi connectivity index (χ0v) is 21.6. The fourth-order valence-corrected chi connectivity index (χ4v) is 4.50. The smallest absolute Gasteiger partial charge is 0.266 e. The van der Waals surface area contributed by atoms with Gasteiger partial charge in [0.05, 0.1) is 10.7 Å². The lowest BCUT2D eigenvalue weighted by molar-refractivity contribution is -0.112. The van der Waals surface area contributed by atoms with E-state index in [9.17, 15) is 10.1 Å². The van der Waals surface area contributed by atoms with Crippen molar-refractivity contribution in [3.05, 3.63) is 104 Å². The van der Waals surface area contributed by atoms with E-state index >= 15 is 0 Å². The SMILES string of the molecule is COc1cc(/C=C(\C#N)C(=O)Nc2cccc(Cl)c2)cc(I)c1OCc1ccc2ccccc2c1. The summed E-state index contributed by atoms with van der Waals surface area (Å²) in [5.41, 5.74) is 2.14. The fourth-order valence-electron chi connectivity index (χ4n) is 3.53. The number of nitrogens with one attached hydrogen (secondary N) is 1. The van der Waals surface area contributed by atoms with Crippen molar-refractivity contribution in [1.82, 2.24) is 0 Å². The zero-order chi connectivity index (χ0) is 24.8. The third kappa shape index (κ3) is 6.13. The molecule has 0 saturated heterocycles. The predicted molar refractivity (Wildman–Crippen MR) is 148 cm³/mol. The van der Waals surface area contributed by atoms with Crippen LogP contribution in [0.3, 0.4) is 0 Å². The summed E-state index contributed by atoms with van der Waals surface area (Å²) in [5.74, 6) is 0.581. The molecule has 4 rings (SSSR count). The molecular formula is C28H20ClIN2O3. The lowest BCUT2D eigenvalue weighted by Crippen LogP contribution is -2.13. The van der Waals surface area contributed by atoms with Crippen molar-refractivity contribution in [3.8, 4) is 17.6 Å². The van der Waals surface area contributed by atoms with Gasteiger partial charge in [-0.3, -0.25) is 4.79 Å². The van der Waals surface area contributed by atoms with Gasteiger partial charge in [-0.1, -0.05) is 54.1 Å². The number of hydrogen-bond acceptors (Lipinski definition) is 4. The van der Waals surface area contributed by atoms with Crippen molar-refractivity contribution in [2.45, 2.75) is 6.61 Å². The average Bonchev–Trinajstić information content (AvgIpc) is 2.86. The first-order chi connectivity index (χ1) is 17.0. The van der Waals surface area contributed by atoms with Gasteiger partial charge >= 0.3 is 0 Å². The minimum Gasteiger partial charge on any atom is -0.493 e. The highest BCUT2D eigenvalue weighted by atomic mass is 127. The molecule has 1 N–H and O–H groups in total. The van der Waals surface area contributed by atoms with Gasteiger partial charge in [-0.25, -0.2) is 0 Å². The molecule has 0 spiro atoms. The van der Waals surface area contributed by atoms with E-state index in [4.69, 9.17) is 21.1 Å². The van der Waals surface area contributed by atoms with Gasteiger partial charge in [-0.05, 0) is 87.0 Å². The molecule has 1 amide bonds. The van der Waals surface area contributed by atoms with E-state index in [2.05, 4.69) is 52.2 Å². The number of ether oxygens (including phenoxy) is 2. The zero-order valence-electron chi connectivity index (χ0n) is 18.7. The van der Waals surface area contributed by atoms with Crippen molar-refractivity contribution in [2.75, 3.05) is 12.4 Å². The number of carbonyl (C=O) groups is 1. The first-order valence-corrected chi connectivity index (χ1v) is 12.1. The predicted octanol–water partition coefficient (Wildman–Crippen LogP) is 7.23. The normalized spacial score (nSPS) is 11.1. The van der Waals surface area contributed by atoms with Crippen LogP contribution in [0.15, 0.2) is 84.4 Å². The average molecular weight is 595 g/mol. The number of fused-ring (bicyclic) bond motifs is 1. The number of nitrogens with zero attached hydrogens (tertiary/aromatic N) is 1. The van der Waals surface area contributed by atoms with Crippen LogP contribution in [0.1, 0.15) is 11.1 Å². The van der Waals surface area contributed by atoms with Gasteiger partial charge in [0.1, 0.15) is 18.2 Å². The number of methoxy groups -OCH3 is 1. The number of hydrogen-bond donors (Lipinski definition) is 1. The van der Waals surface area contributed by atoms with E-state index in [1.807, 2.05) is 30.3 Å². The first-order valence-electron chi connectivity index (χ1n) is 10.6. The Labute approximate surface area is 222 Å². The monoisotopic (exact) mass is 594 g/mol. The number of anilines is 1. The number of nitriles is 1. The quantitative estimate of drug-likeness (QED) is 0.139. The Balaban J connectivity index is 1.54. The van der Waals surface area contributed by atoms with Gasteiger partial charge in [-0.15, -0.1) is 0 Å². The molecule has 0 aliphatic rings. The molecule has 0 fully saturated rings. The van der Waals surface area contributed by atoms with Crippen LogP contribution < -0.4 is 14.8 Å². The summed E-state index contributed by atoms with van der Waals surface area (Å²) in [6, 6.07) is 26.6. The maximum absolute atomic E-state index is 12.6. The molecule has 4 aromatic carbocycles. The van der Waals surface area contributed by atoms with Gasteiger partial charge in [0.15, 0.2) is 11.5 Å². The topological polar surface area (TPSA) is 71.3 Å². The second-order valence-corrected chi connectivity index (χ2v) is 9.24. The highest BCUT2D eigenvalue weighted by Gasteiger charge is 2.14. The highest BCUT2D eigenvalue weighted by molar-refractivity contribution is 14.1. The molecule has 0 atom stereocenters. The van der Waals surface area contributed by atoms with Crippen LogP contribution in [0.5, 0.6) is 11.5 Å². The molecule has 4 aromatic rings. The van der Waals surface area contributed by atoms with Crippen LogP contribution in [0, 0.1) is 14.9 Å². The number of benzene rings is 4. The Bertz CT molecular complexity index is 1480. The summed E-state index contributed by atoms with van der Waals surface area (Å²) >= 11 is 8.13. The molecule has 0 aromatic heterocycles. The minimum atomic E-state index is -0.527. The van der Waals surface area contributed by atoms with Crippen LogP contribution in [0.25, 0.3) is 16.8 Å². The van der Waals surface area contributed by atoms with E-state index in [1.54, 1.807) is 37.4 Å². The number of halogens is 2. The lowest BCUT2D eigenvalue weighted by atomic mass is 10.1. The Hall–Kier alpha value is -3.54. The summed E-state index contributed by atoms with van der Waals surface area (Å²) in [4.78, 5) is 12.6. The van der Waals surface area contributed by atoms with Crippen molar-refractivity contribution in [1.29, 1.82) is 5.26 Å². The Morgan fingerprint density at radius 3 is 2.60 bits per heavy atom. The summed E-state index contributed by atoms with van der Waals surface area (Å²) in [6.45, 7) is 0.373. The Morgan fingerprint density at radius 1 is 1.06 bits per heavy atom. The molecular weight excluding hydrogens is 575 g/mol. The Morgan fingerprint density at radius 2 is 1.86 bits per heavy atom. The van der Waals surface area contributed by atoms with Gasteiger partial charge in [0.2, 0.25) is 0 Å². The van der Waals surface area contributed by atoms with Gasteiger partial charge in [0, 0.05) is 10.7 Å². The molecule has 5 nitrogen and oxygen atoms in total. The standard InChI is InChI=1S/C28H20ClIN2O3/c1-34-26-14-19(12-22(16-31)28(33)32-24-8-4-7-23(29)15-24)13-25(30)27(26)35-17-18-9-10-20-5-2-3-6-21(20)11-18/h2-15H,17H2,1H3,(H,32,33)/b22-12+. The molecule has 0 unspecified atom stereocenters. The third-order valence-corrected chi connectivity index (χ3v) is 6.24. The summed E-state index contributed by atoms with van der Waals surface area (Å²) in [6.07, 6.45) is 1.51. The van der Waals surface area contributed by atoms with Crippen LogP contribution in [0.4, 0.5) is 5.69 Å².